The molecule has 0 saturated carbocycles. The Hall–Kier alpha value is -2.33. The van der Waals surface area contributed by atoms with Crippen LogP contribution in [0.4, 0.5) is 0 Å². The number of hydrogen-bond acceptors (Lipinski definition) is 4. The molecule has 0 aliphatic carbocycles. The zero-order chi connectivity index (χ0) is 16.8. The molecule has 4 heteroatoms. The molecular weight excluding hydrogens is 292 g/mol. The first-order valence-electron chi connectivity index (χ1n) is 7.53. The second kappa shape index (κ2) is 7.79. The summed E-state index contributed by atoms with van der Waals surface area (Å²) in [5, 5.41) is 0. The largest absolute Gasteiger partial charge is 0.497 e. The highest BCUT2D eigenvalue weighted by atomic mass is 16.6. The maximum absolute atomic E-state index is 12.1. The number of carbonyl (C=O) groups is 1. The van der Waals surface area contributed by atoms with Gasteiger partial charge in [0.15, 0.2) is 6.10 Å². The van der Waals surface area contributed by atoms with E-state index >= 15 is 0 Å². The summed E-state index contributed by atoms with van der Waals surface area (Å²) in [6.45, 7) is 5.87. The van der Waals surface area contributed by atoms with Gasteiger partial charge in [-0.1, -0.05) is 24.3 Å². The highest BCUT2D eigenvalue weighted by molar-refractivity contribution is 5.77. The summed E-state index contributed by atoms with van der Waals surface area (Å²) in [6, 6.07) is 13.3. The quantitative estimate of drug-likeness (QED) is 0.600. The highest BCUT2D eigenvalue weighted by Crippen LogP contribution is 2.20. The summed E-state index contributed by atoms with van der Waals surface area (Å²) >= 11 is 0. The van der Waals surface area contributed by atoms with Crippen LogP contribution in [0.2, 0.25) is 0 Å². The van der Waals surface area contributed by atoms with Crippen molar-refractivity contribution in [3.63, 3.8) is 0 Å². The molecule has 2 aromatic rings. The van der Waals surface area contributed by atoms with Gasteiger partial charge in [0.05, 0.1) is 13.7 Å². The van der Waals surface area contributed by atoms with Gasteiger partial charge in [-0.25, -0.2) is 4.79 Å². The summed E-state index contributed by atoms with van der Waals surface area (Å²) in [4.78, 5) is 12.1. The molecule has 0 bridgehead atoms. The Bertz CT molecular complexity index is 679. The molecule has 0 radical (unpaired) electrons. The zero-order valence-corrected chi connectivity index (χ0v) is 14.0. The summed E-state index contributed by atoms with van der Waals surface area (Å²) in [5.41, 5.74) is 2.91. The van der Waals surface area contributed by atoms with Crippen molar-refractivity contribution < 1.29 is 19.0 Å². The molecular formula is C19H22O4. The lowest BCUT2D eigenvalue weighted by molar-refractivity contribution is -0.147. The standard InChI is InChI=1S/C19H22O4/c1-13-8-9-14(2)18(10-13)23-19(20)15(3)22-12-16-6-5-7-17(11-16)21-4/h5-11,15H,12H2,1-4H3. The van der Waals surface area contributed by atoms with E-state index in [1.165, 1.54) is 0 Å². The Balaban J connectivity index is 1.93. The number of ether oxygens (including phenoxy) is 3. The number of aryl methyl sites for hydroxylation is 2. The number of hydrogen-bond donors (Lipinski definition) is 0. The fourth-order valence-electron chi connectivity index (χ4n) is 2.06. The Morgan fingerprint density at radius 3 is 2.65 bits per heavy atom. The van der Waals surface area contributed by atoms with E-state index in [0.717, 1.165) is 22.4 Å². The van der Waals surface area contributed by atoms with Crippen molar-refractivity contribution in [3.8, 4) is 11.5 Å². The van der Waals surface area contributed by atoms with Gasteiger partial charge in [0, 0.05) is 0 Å². The number of esters is 1. The normalized spacial score (nSPS) is 11.8. The minimum Gasteiger partial charge on any atom is -0.497 e. The molecule has 4 nitrogen and oxygen atoms in total. The van der Waals surface area contributed by atoms with Gasteiger partial charge in [0.25, 0.3) is 0 Å². The molecule has 0 saturated heterocycles. The average molecular weight is 314 g/mol. The zero-order valence-electron chi connectivity index (χ0n) is 14.0. The van der Waals surface area contributed by atoms with Crippen LogP contribution in [0.3, 0.4) is 0 Å². The van der Waals surface area contributed by atoms with Crippen molar-refractivity contribution in [1.82, 2.24) is 0 Å². The van der Waals surface area contributed by atoms with Crippen LogP contribution >= 0.6 is 0 Å². The van der Waals surface area contributed by atoms with Crippen LogP contribution in [0.5, 0.6) is 11.5 Å². The van der Waals surface area contributed by atoms with Crippen molar-refractivity contribution in [2.45, 2.75) is 33.5 Å². The molecule has 1 unspecified atom stereocenters. The molecule has 2 aromatic carbocycles. The van der Waals surface area contributed by atoms with Gasteiger partial charge < -0.3 is 14.2 Å². The molecule has 0 aliphatic rings. The third kappa shape index (κ3) is 4.83. The van der Waals surface area contributed by atoms with Crippen LogP contribution in [-0.2, 0) is 16.1 Å². The van der Waals surface area contributed by atoms with Gasteiger partial charge in [-0.05, 0) is 55.7 Å². The predicted molar refractivity (Wildman–Crippen MR) is 88.8 cm³/mol. The Morgan fingerprint density at radius 2 is 1.91 bits per heavy atom. The average Bonchev–Trinajstić information content (AvgIpc) is 2.56. The van der Waals surface area contributed by atoms with E-state index in [9.17, 15) is 4.79 Å². The summed E-state index contributed by atoms with van der Waals surface area (Å²) in [5.74, 6) is 0.935. The van der Waals surface area contributed by atoms with Gasteiger partial charge in [-0.2, -0.15) is 0 Å². The molecule has 0 fully saturated rings. The van der Waals surface area contributed by atoms with Crippen molar-refractivity contribution in [3.05, 3.63) is 59.2 Å². The predicted octanol–water partition coefficient (Wildman–Crippen LogP) is 3.82. The minimum atomic E-state index is -0.652. The third-order valence-electron chi connectivity index (χ3n) is 3.52. The van der Waals surface area contributed by atoms with E-state index in [1.54, 1.807) is 14.0 Å². The van der Waals surface area contributed by atoms with Crippen LogP contribution in [0.1, 0.15) is 23.6 Å². The van der Waals surface area contributed by atoms with Crippen molar-refractivity contribution in [2.24, 2.45) is 0 Å². The highest BCUT2D eigenvalue weighted by Gasteiger charge is 2.17. The number of benzene rings is 2. The van der Waals surface area contributed by atoms with Gasteiger partial charge in [-0.3, -0.25) is 0 Å². The molecule has 0 heterocycles. The second-order valence-electron chi connectivity index (χ2n) is 5.49. The topological polar surface area (TPSA) is 44.8 Å². The SMILES string of the molecule is COc1cccc(COC(C)C(=O)Oc2cc(C)ccc2C)c1. The van der Waals surface area contributed by atoms with Crippen molar-refractivity contribution in [2.75, 3.05) is 7.11 Å². The lowest BCUT2D eigenvalue weighted by Crippen LogP contribution is -2.26. The fraction of sp³-hybridized carbons (Fsp3) is 0.316. The van der Waals surface area contributed by atoms with Crippen LogP contribution in [0.15, 0.2) is 42.5 Å². The fourth-order valence-corrected chi connectivity index (χ4v) is 2.06. The smallest absolute Gasteiger partial charge is 0.340 e. The first-order valence-corrected chi connectivity index (χ1v) is 7.53. The van der Waals surface area contributed by atoms with E-state index in [2.05, 4.69) is 0 Å². The van der Waals surface area contributed by atoms with Gasteiger partial charge in [-0.15, -0.1) is 0 Å². The molecule has 0 spiro atoms. The second-order valence-corrected chi connectivity index (χ2v) is 5.49. The monoisotopic (exact) mass is 314 g/mol. The van der Waals surface area contributed by atoms with E-state index in [1.807, 2.05) is 56.3 Å². The lowest BCUT2D eigenvalue weighted by Gasteiger charge is -2.14. The maximum Gasteiger partial charge on any atom is 0.340 e. The first-order chi connectivity index (χ1) is 11.0. The molecule has 0 aliphatic heterocycles. The number of methoxy groups -OCH3 is 1. The first kappa shape index (κ1) is 17.0. The Morgan fingerprint density at radius 1 is 1.13 bits per heavy atom. The lowest BCUT2D eigenvalue weighted by atomic mass is 10.1. The summed E-state index contributed by atoms with van der Waals surface area (Å²) < 4.78 is 16.2. The van der Waals surface area contributed by atoms with E-state index < -0.39 is 12.1 Å². The molecule has 0 aromatic heterocycles. The van der Waals surface area contributed by atoms with Crippen LogP contribution in [0.25, 0.3) is 0 Å². The molecule has 2 rings (SSSR count). The van der Waals surface area contributed by atoms with E-state index in [0.29, 0.717) is 12.4 Å². The molecule has 23 heavy (non-hydrogen) atoms. The Kier molecular flexibility index (Phi) is 5.77. The number of carbonyl (C=O) groups excluding carboxylic acids is 1. The van der Waals surface area contributed by atoms with Gasteiger partial charge in [0.2, 0.25) is 0 Å². The van der Waals surface area contributed by atoms with Gasteiger partial charge in [0.1, 0.15) is 11.5 Å². The van der Waals surface area contributed by atoms with Crippen molar-refractivity contribution >= 4 is 5.97 Å². The van der Waals surface area contributed by atoms with E-state index in [-0.39, 0.29) is 0 Å². The Labute approximate surface area is 137 Å². The molecule has 0 N–H and O–H groups in total. The van der Waals surface area contributed by atoms with E-state index in [4.69, 9.17) is 14.2 Å². The van der Waals surface area contributed by atoms with Gasteiger partial charge >= 0.3 is 5.97 Å². The summed E-state index contributed by atoms with van der Waals surface area (Å²) in [6.07, 6.45) is -0.652. The molecule has 122 valence electrons. The summed E-state index contributed by atoms with van der Waals surface area (Å²) in [7, 11) is 1.62. The number of rotatable bonds is 6. The van der Waals surface area contributed by atoms with Crippen LogP contribution in [-0.4, -0.2) is 19.2 Å². The molecule has 0 amide bonds. The van der Waals surface area contributed by atoms with Crippen LogP contribution < -0.4 is 9.47 Å². The third-order valence-corrected chi connectivity index (χ3v) is 3.52. The van der Waals surface area contributed by atoms with Crippen molar-refractivity contribution in [1.29, 1.82) is 0 Å². The minimum absolute atomic E-state index is 0.320. The van der Waals surface area contributed by atoms with Crippen LogP contribution in [0, 0.1) is 13.8 Å². The maximum atomic E-state index is 12.1. The molecule has 1 atom stereocenters.